The van der Waals surface area contributed by atoms with Gasteiger partial charge in [0.1, 0.15) is 5.70 Å². The van der Waals surface area contributed by atoms with Crippen molar-refractivity contribution in [3.63, 3.8) is 0 Å². The molecule has 1 aliphatic carbocycles. The zero-order chi connectivity index (χ0) is 14.4. The van der Waals surface area contributed by atoms with Gasteiger partial charge in [0.15, 0.2) is 0 Å². The van der Waals surface area contributed by atoms with Gasteiger partial charge in [0.25, 0.3) is 0 Å². The normalized spacial score (nSPS) is 15.9. The summed E-state index contributed by atoms with van der Waals surface area (Å²) >= 11 is 1.54. The zero-order valence-corrected chi connectivity index (χ0v) is 12.1. The van der Waals surface area contributed by atoms with Gasteiger partial charge in [-0.05, 0) is 31.4 Å². The van der Waals surface area contributed by atoms with Gasteiger partial charge in [0.05, 0.1) is 11.6 Å². The van der Waals surface area contributed by atoms with Crippen LogP contribution in [0.25, 0.3) is 16.5 Å². The minimum absolute atomic E-state index is 0.0315. The molecule has 20 heavy (non-hydrogen) atoms. The molecule has 7 heteroatoms. The van der Waals surface area contributed by atoms with E-state index in [-0.39, 0.29) is 12.3 Å². The number of nitrogens with zero attached hydrogens (tertiary/aromatic N) is 4. The molecular weight excluding hydrogens is 276 g/mol. The van der Waals surface area contributed by atoms with E-state index in [2.05, 4.69) is 15.0 Å². The van der Waals surface area contributed by atoms with E-state index < -0.39 is 5.97 Å². The second-order valence-corrected chi connectivity index (χ2v) is 5.62. The van der Waals surface area contributed by atoms with Crippen molar-refractivity contribution in [2.45, 2.75) is 38.5 Å². The number of rotatable bonds is 5. The molecule has 1 heterocycles. The van der Waals surface area contributed by atoms with Crippen LogP contribution in [-0.2, 0) is 9.53 Å². The number of hydrogen-bond donors (Lipinski definition) is 0. The van der Waals surface area contributed by atoms with Gasteiger partial charge in [-0.3, -0.25) is 0 Å². The maximum Gasteiger partial charge on any atom is 0.340 e. The predicted molar refractivity (Wildman–Crippen MR) is 77.1 cm³/mol. The molecule has 1 saturated carbocycles. The molecule has 6 nitrogen and oxygen atoms in total. The van der Waals surface area contributed by atoms with Crippen molar-refractivity contribution in [1.82, 2.24) is 4.98 Å². The molecule has 1 aromatic heterocycles. The molecule has 106 valence electrons. The Kier molecular flexibility index (Phi) is 5.15. The maximum atomic E-state index is 11.6. The number of hydrogen-bond acceptors (Lipinski definition) is 5. The van der Waals surface area contributed by atoms with Crippen LogP contribution in [0.15, 0.2) is 17.0 Å². The van der Waals surface area contributed by atoms with E-state index >= 15 is 0 Å². The first kappa shape index (κ1) is 14.6. The number of thiazole rings is 1. The van der Waals surface area contributed by atoms with Gasteiger partial charge < -0.3 is 4.74 Å². The van der Waals surface area contributed by atoms with Gasteiger partial charge >= 0.3 is 5.97 Å². The Bertz CT molecular complexity index is 554. The first-order valence-electron chi connectivity index (χ1n) is 6.64. The van der Waals surface area contributed by atoms with Crippen molar-refractivity contribution in [1.29, 1.82) is 0 Å². The highest BCUT2D eigenvalue weighted by Gasteiger charge is 2.20. The summed E-state index contributed by atoms with van der Waals surface area (Å²) in [7, 11) is 0. The Hall–Kier alpha value is -1.85. The van der Waals surface area contributed by atoms with Crippen molar-refractivity contribution < 1.29 is 9.53 Å². The average molecular weight is 292 g/mol. The highest BCUT2D eigenvalue weighted by molar-refractivity contribution is 7.12. The van der Waals surface area contributed by atoms with Crippen LogP contribution >= 0.6 is 11.3 Å². The molecule has 0 radical (unpaired) electrons. The molecule has 1 aromatic rings. The monoisotopic (exact) mass is 292 g/mol. The van der Waals surface area contributed by atoms with E-state index in [0.29, 0.717) is 5.92 Å². The van der Waals surface area contributed by atoms with Gasteiger partial charge in [-0.25, -0.2) is 9.78 Å². The van der Waals surface area contributed by atoms with E-state index in [0.717, 1.165) is 9.88 Å². The molecule has 1 aliphatic rings. The number of carbonyl (C=O) groups excluding carboxylic acids is 1. The summed E-state index contributed by atoms with van der Waals surface area (Å²) in [6.07, 6.45) is 8.11. The van der Waals surface area contributed by atoms with E-state index in [4.69, 9.17) is 10.3 Å². The number of azide groups is 1. The molecule has 0 bridgehead atoms. The fourth-order valence-corrected chi connectivity index (χ4v) is 3.27. The van der Waals surface area contributed by atoms with Crippen molar-refractivity contribution in [2.75, 3.05) is 6.61 Å². The van der Waals surface area contributed by atoms with Crippen molar-refractivity contribution in [2.24, 2.45) is 5.11 Å². The summed E-state index contributed by atoms with van der Waals surface area (Å²) in [5.74, 6) is -0.0752. The van der Waals surface area contributed by atoms with E-state index in [1.54, 1.807) is 24.5 Å². The number of carbonyl (C=O) groups is 1. The largest absolute Gasteiger partial charge is 0.462 e. The Morgan fingerprint density at radius 1 is 1.65 bits per heavy atom. The van der Waals surface area contributed by atoms with Gasteiger partial charge in [0, 0.05) is 21.9 Å². The SMILES string of the molecule is CCOC(=O)C(=Cc1cnc(C2CCCC2)s1)N=[N+]=[N-]. The number of ether oxygens (including phenoxy) is 1. The van der Waals surface area contributed by atoms with Crippen molar-refractivity contribution >= 4 is 23.4 Å². The van der Waals surface area contributed by atoms with Crippen molar-refractivity contribution in [3.8, 4) is 0 Å². The first-order valence-corrected chi connectivity index (χ1v) is 7.46. The lowest BCUT2D eigenvalue weighted by Gasteiger charge is -2.02. The fraction of sp³-hybridized carbons (Fsp3) is 0.538. The standard InChI is InChI=1S/C13H16N4O2S/c1-2-19-13(18)11(16-17-14)7-10-8-15-12(20-10)9-5-3-4-6-9/h7-9H,2-6H2,1H3. The molecule has 0 aromatic carbocycles. The first-order chi connectivity index (χ1) is 9.74. The minimum Gasteiger partial charge on any atom is -0.462 e. The molecule has 0 saturated heterocycles. The summed E-state index contributed by atoms with van der Waals surface area (Å²) in [5.41, 5.74) is 8.48. The average Bonchev–Trinajstić information content (AvgIpc) is 3.09. The molecule has 0 aliphatic heterocycles. The van der Waals surface area contributed by atoms with Gasteiger partial charge in [-0.15, -0.1) is 11.3 Å². The summed E-state index contributed by atoms with van der Waals surface area (Å²) in [6, 6.07) is 0. The second-order valence-electron chi connectivity index (χ2n) is 4.52. The highest BCUT2D eigenvalue weighted by atomic mass is 32.1. The second kappa shape index (κ2) is 7.07. The van der Waals surface area contributed by atoms with E-state index in [1.807, 2.05) is 0 Å². The molecular formula is C13H16N4O2S. The molecule has 1 fully saturated rings. The van der Waals surface area contributed by atoms with Crippen molar-refractivity contribution in [3.05, 3.63) is 32.2 Å². The van der Waals surface area contributed by atoms with E-state index in [9.17, 15) is 4.79 Å². The topological polar surface area (TPSA) is 88.0 Å². The third-order valence-electron chi connectivity index (χ3n) is 3.16. The Morgan fingerprint density at radius 3 is 3.05 bits per heavy atom. The molecule has 0 spiro atoms. The summed E-state index contributed by atoms with van der Waals surface area (Å²) < 4.78 is 4.85. The van der Waals surface area contributed by atoms with Crippen LogP contribution in [0.2, 0.25) is 0 Å². The van der Waals surface area contributed by atoms with Gasteiger partial charge in [-0.1, -0.05) is 18.0 Å². The summed E-state index contributed by atoms with van der Waals surface area (Å²) in [6.45, 7) is 1.95. The molecule has 0 amide bonds. The van der Waals surface area contributed by atoms with Crippen LogP contribution in [0.5, 0.6) is 0 Å². The lowest BCUT2D eigenvalue weighted by molar-refractivity contribution is -0.138. The number of esters is 1. The quantitative estimate of drug-likeness (QED) is 0.270. The molecule has 0 atom stereocenters. The third kappa shape index (κ3) is 3.59. The Labute approximate surface area is 121 Å². The maximum absolute atomic E-state index is 11.6. The summed E-state index contributed by atoms with van der Waals surface area (Å²) in [4.78, 5) is 19.5. The van der Waals surface area contributed by atoms with Gasteiger partial charge in [0.2, 0.25) is 0 Å². The van der Waals surface area contributed by atoms with Crippen LogP contribution in [0.4, 0.5) is 0 Å². The minimum atomic E-state index is -0.610. The molecule has 0 unspecified atom stereocenters. The molecule has 2 rings (SSSR count). The van der Waals surface area contributed by atoms with Crippen LogP contribution < -0.4 is 0 Å². The van der Waals surface area contributed by atoms with Crippen LogP contribution in [0, 0.1) is 0 Å². The highest BCUT2D eigenvalue weighted by Crippen LogP contribution is 2.36. The Morgan fingerprint density at radius 2 is 2.40 bits per heavy atom. The lowest BCUT2D eigenvalue weighted by Crippen LogP contribution is -2.05. The van der Waals surface area contributed by atoms with E-state index in [1.165, 1.54) is 31.8 Å². The fourth-order valence-electron chi connectivity index (χ4n) is 2.25. The van der Waals surface area contributed by atoms with Crippen LogP contribution in [-0.4, -0.2) is 17.6 Å². The number of aromatic nitrogens is 1. The predicted octanol–water partition coefficient (Wildman–Crippen LogP) is 4.02. The van der Waals surface area contributed by atoms with Crippen LogP contribution in [0.3, 0.4) is 0 Å². The third-order valence-corrected chi connectivity index (χ3v) is 4.27. The molecule has 0 N–H and O–H groups in total. The Balaban J connectivity index is 2.18. The summed E-state index contributed by atoms with van der Waals surface area (Å²) in [5, 5.41) is 4.49. The van der Waals surface area contributed by atoms with Gasteiger partial charge in [-0.2, -0.15) is 0 Å². The zero-order valence-electron chi connectivity index (χ0n) is 11.3. The lowest BCUT2D eigenvalue weighted by atomic mass is 10.1. The smallest absolute Gasteiger partial charge is 0.340 e. The van der Waals surface area contributed by atoms with Crippen LogP contribution in [0.1, 0.15) is 48.4 Å².